The molecular formula is C16H18BrN3O. The SMILES string of the molecule is CC1(Br)CC1C(=O)N1CCCC(C#N)(c2ccccn2)C1. The summed E-state index contributed by atoms with van der Waals surface area (Å²) in [6.07, 6.45) is 4.21. The van der Waals surface area contributed by atoms with Crippen molar-refractivity contribution in [2.45, 2.75) is 35.9 Å². The summed E-state index contributed by atoms with van der Waals surface area (Å²) in [6, 6.07) is 8.07. The van der Waals surface area contributed by atoms with Crippen molar-refractivity contribution < 1.29 is 4.79 Å². The van der Waals surface area contributed by atoms with Crippen LogP contribution in [0.1, 0.15) is 31.9 Å². The van der Waals surface area contributed by atoms with E-state index in [1.165, 1.54) is 0 Å². The maximum absolute atomic E-state index is 12.6. The quantitative estimate of drug-likeness (QED) is 0.772. The molecular weight excluding hydrogens is 330 g/mol. The van der Waals surface area contributed by atoms with Gasteiger partial charge in [0.05, 0.1) is 17.7 Å². The summed E-state index contributed by atoms with van der Waals surface area (Å²) in [5, 5.41) is 9.71. The van der Waals surface area contributed by atoms with E-state index in [1.807, 2.05) is 23.1 Å². The van der Waals surface area contributed by atoms with E-state index in [9.17, 15) is 10.1 Å². The van der Waals surface area contributed by atoms with E-state index < -0.39 is 5.41 Å². The number of nitriles is 1. The van der Waals surface area contributed by atoms with Crippen LogP contribution >= 0.6 is 15.9 Å². The fraction of sp³-hybridized carbons (Fsp3) is 0.562. The van der Waals surface area contributed by atoms with Crippen molar-refractivity contribution in [1.82, 2.24) is 9.88 Å². The van der Waals surface area contributed by atoms with Gasteiger partial charge >= 0.3 is 0 Å². The number of rotatable bonds is 2. The predicted octanol–water partition coefficient (Wildman–Crippen LogP) is 2.64. The molecule has 3 atom stereocenters. The number of amides is 1. The van der Waals surface area contributed by atoms with Crippen LogP contribution < -0.4 is 0 Å². The molecule has 0 spiro atoms. The van der Waals surface area contributed by atoms with Crippen LogP contribution in [0.15, 0.2) is 24.4 Å². The zero-order chi connectivity index (χ0) is 15.1. The summed E-state index contributed by atoms with van der Waals surface area (Å²) in [7, 11) is 0. The van der Waals surface area contributed by atoms with Crippen molar-refractivity contribution in [3.63, 3.8) is 0 Å². The highest BCUT2D eigenvalue weighted by Crippen LogP contribution is 2.52. The molecule has 1 aliphatic heterocycles. The second-order valence-electron chi connectivity index (χ2n) is 6.31. The van der Waals surface area contributed by atoms with Gasteiger partial charge in [-0.15, -0.1) is 0 Å². The van der Waals surface area contributed by atoms with Crippen molar-refractivity contribution in [2.75, 3.05) is 13.1 Å². The molecule has 1 saturated carbocycles. The molecule has 1 aromatic rings. The predicted molar refractivity (Wildman–Crippen MR) is 82.8 cm³/mol. The van der Waals surface area contributed by atoms with Crippen LogP contribution in [0.4, 0.5) is 0 Å². The third-order valence-electron chi connectivity index (χ3n) is 4.64. The molecule has 110 valence electrons. The molecule has 4 nitrogen and oxygen atoms in total. The highest BCUT2D eigenvalue weighted by molar-refractivity contribution is 9.10. The van der Waals surface area contributed by atoms with Gasteiger partial charge in [-0.25, -0.2) is 0 Å². The highest BCUT2D eigenvalue weighted by Gasteiger charge is 2.55. The van der Waals surface area contributed by atoms with Crippen molar-refractivity contribution in [3.8, 4) is 6.07 Å². The van der Waals surface area contributed by atoms with Crippen LogP contribution in [0.3, 0.4) is 0 Å². The molecule has 3 rings (SSSR count). The first kappa shape index (κ1) is 14.5. The van der Waals surface area contributed by atoms with E-state index in [4.69, 9.17) is 0 Å². The van der Waals surface area contributed by atoms with Crippen LogP contribution in [-0.2, 0) is 10.2 Å². The smallest absolute Gasteiger partial charge is 0.227 e. The molecule has 0 bridgehead atoms. The number of pyridine rings is 1. The zero-order valence-electron chi connectivity index (χ0n) is 12.1. The minimum Gasteiger partial charge on any atom is -0.340 e. The Bertz CT molecular complexity index is 595. The Balaban J connectivity index is 1.82. The molecule has 1 amide bonds. The van der Waals surface area contributed by atoms with Gasteiger partial charge in [-0.3, -0.25) is 9.78 Å². The average Bonchev–Trinajstić information content (AvgIpc) is 3.16. The number of carbonyl (C=O) groups is 1. The van der Waals surface area contributed by atoms with Gasteiger partial charge in [-0.1, -0.05) is 22.0 Å². The third-order valence-corrected chi connectivity index (χ3v) is 5.52. The van der Waals surface area contributed by atoms with Crippen molar-refractivity contribution in [1.29, 1.82) is 5.26 Å². The van der Waals surface area contributed by atoms with Crippen molar-refractivity contribution >= 4 is 21.8 Å². The number of halogens is 1. The monoisotopic (exact) mass is 347 g/mol. The van der Waals surface area contributed by atoms with Gasteiger partial charge in [0.25, 0.3) is 0 Å². The summed E-state index contributed by atoms with van der Waals surface area (Å²) in [5.74, 6) is 0.223. The van der Waals surface area contributed by atoms with E-state index in [-0.39, 0.29) is 16.1 Å². The third kappa shape index (κ3) is 2.57. The summed E-state index contributed by atoms with van der Waals surface area (Å²) in [4.78, 5) is 18.8. The number of hydrogen-bond donors (Lipinski definition) is 0. The lowest BCUT2D eigenvalue weighted by Gasteiger charge is -2.38. The second-order valence-corrected chi connectivity index (χ2v) is 8.12. The molecule has 3 unspecified atom stereocenters. The molecule has 21 heavy (non-hydrogen) atoms. The first-order valence-electron chi connectivity index (χ1n) is 7.29. The van der Waals surface area contributed by atoms with E-state index in [1.54, 1.807) is 6.20 Å². The maximum atomic E-state index is 12.6. The molecule has 2 fully saturated rings. The van der Waals surface area contributed by atoms with Gasteiger partial charge in [-0.2, -0.15) is 5.26 Å². The Morgan fingerprint density at radius 1 is 1.57 bits per heavy atom. The fourth-order valence-electron chi connectivity index (χ4n) is 3.15. The van der Waals surface area contributed by atoms with E-state index in [0.29, 0.717) is 6.54 Å². The van der Waals surface area contributed by atoms with Gasteiger partial charge in [0.2, 0.25) is 5.91 Å². The minimum absolute atomic E-state index is 0.0516. The van der Waals surface area contributed by atoms with Crippen LogP contribution in [0.5, 0.6) is 0 Å². The molecule has 1 aromatic heterocycles. The topological polar surface area (TPSA) is 57.0 Å². The van der Waals surface area contributed by atoms with Gasteiger partial charge in [-0.05, 0) is 38.3 Å². The van der Waals surface area contributed by atoms with E-state index >= 15 is 0 Å². The Morgan fingerprint density at radius 2 is 2.33 bits per heavy atom. The van der Waals surface area contributed by atoms with Crippen LogP contribution in [0.25, 0.3) is 0 Å². The lowest BCUT2D eigenvalue weighted by atomic mass is 9.78. The second kappa shape index (κ2) is 5.10. The zero-order valence-corrected chi connectivity index (χ0v) is 13.6. The molecule has 1 aliphatic carbocycles. The molecule has 5 heteroatoms. The van der Waals surface area contributed by atoms with Crippen molar-refractivity contribution in [2.24, 2.45) is 5.92 Å². The van der Waals surface area contributed by atoms with Crippen molar-refractivity contribution in [3.05, 3.63) is 30.1 Å². The Kier molecular flexibility index (Phi) is 3.53. The molecule has 1 saturated heterocycles. The minimum atomic E-state index is -0.660. The summed E-state index contributed by atoms with van der Waals surface area (Å²) in [6.45, 7) is 3.25. The van der Waals surface area contributed by atoms with Gasteiger partial charge in [0.1, 0.15) is 5.41 Å². The largest absolute Gasteiger partial charge is 0.340 e. The Morgan fingerprint density at radius 3 is 2.90 bits per heavy atom. The van der Waals surface area contributed by atoms with E-state index in [2.05, 4.69) is 33.9 Å². The number of alkyl halides is 1. The number of piperidine rings is 1. The first-order valence-corrected chi connectivity index (χ1v) is 8.08. The van der Waals surface area contributed by atoms with Gasteiger partial charge in [0.15, 0.2) is 0 Å². The van der Waals surface area contributed by atoms with Gasteiger partial charge in [0, 0.05) is 23.6 Å². The summed E-state index contributed by atoms with van der Waals surface area (Å²) in [5.41, 5.74) is 0.120. The standard InChI is InChI=1S/C16H18BrN3O/c1-15(17)9-12(15)14(21)20-8-4-6-16(10-18,11-20)13-5-2-3-7-19-13/h2-3,5,7,12H,4,6,8-9,11H2,1H3. The number of nitrogens with zero attached hydrogens (tertiary/aromatic N) is 3. The summed E-state index contributed by atoms with van der Waals surface area (Å²) >= 11 is 3.59. The average molecular weight is 348 g/mol. The fourth-order valence-corrected chi connectivity index (χ4v) is 3.67. The number of carbonyl (C=O) groups excluding carboxylic acids is 1. The number of likely N-dealkylation sites (tertiary alicyclic amines) is 1. The lowest BCUT2D eigenvalue weighted by Crippen LogP contribution is -2.49. The lowest BCUT2D eigenvalue weighted by molar-refractivity contribution is -0.134. The Hall–Kier alpha value is -1.41. The normalized spacial score (nSPS) is 35.1. The Labute approximate surface area is 133 Å². The number of aromatic nitrogens is 1. The summed E-state index contributed by atoms with van der Waals surface area (Å²) < 4.78 is -0.0537. The molecule has 0 N–H and O–H groups in total. The van der Waals surface area contributed by atoms with Crippen LogP contribution in [0, 0.1) is 17.2 Å². The highest BCUT2D eigenvalue weighted by atomic mass is 79.9. The molecule has 0 aromatic carbocycles. The van der Waals surface area contributed by atoms with Gasteiger partial charge < -0.3 is 4.90 Å². The van der Waals surface area contributed by atoms with E-state index in [0.717, 1.165) is 31.5 Å². The van der Waals surface area contributed by atoms with Crippen LogP contribution in [-0.4, -0.2) is 33.2 Å². The van der Waals surface area contributed by atoms with Crippen LogP contribution in [0.2, 0.25) is 0 Å². The number of hydrogen-bond acceptors (Lipinski definition) is 3. The first-order chi connectivity index (χ1) is 9.98. The molecule has 2 aliphatic rings. The maximum Gasteiger partial charge on any atom is 0.227 e. The molecule has 0 radical (unpaired) electrons. The molecule has 2 heterocycles.